The zero-order valence-corrected chi connectivity index (χ0v) is 17.7. The van der Waals surface area contributed by atoms with Crippen molar-refractivity contribution in [1.29, 1.82) is 0 Å². The van der Waals surface area contributed by atoms with Gasteiger partial charge in [0.25, 0.3) is 5.91 Å². The molecule has 1 aromatic rings. The quantitative estimate of drug-likeness (QED) is 0.675. The summed E-state index contributed by atoms with van der Waals surface area (Å²) in [5, 5.41) is 6.01. The van der Waals surface area contributed by atoms with E-state index in [1.165, 1.54) is 0 Å². The molecule has 1 unspecified atom stereocenters. The van der Waals surface area contributed by atoms with Crippen LogP contribution in [0.3, 0.4) is 0 Å². The second-order valence-corrected chi connectivity index (χ2v) is 9.00. The summed E-state index contributed by atoms with van der Waals surface area (Å²) < 4.78 is 12.8. The highest BCUT2D eigenvalue weighted by molar-refractivity contribution is 7.85. The Morgan fingerprint density at radius 1 is 1.26 bits per heavy atom. The standard InChI is InChI=1S/C20H31N3O3S/c1-6-20(7-2,19(25)21-5)23-17(24)16-11-10-15(14-8-9-14)18(22-16)27(26)12-13(3)4/h10-11,13-14H,6-9,12H2,1-5H3,(H,21,25)(H,23,24). The Morgan fingerprint density at radius 2 is 1.89 bits per heavy atom. The van der Waals surface area contributed by atoms with E-state index < -0.39 is 22.2 Å². The van der Waals surface area contributed by atoms with Gasteiger partial charge in [0, 0.05) is 12.8 Å². The van der Waals surface area contributed by atoms with Crippen molar-refractivity contribution >= 4 is 22.6 Å². The van der Waals surface area contributed by atoms with Gasteiger partial charge in [0.1, 0.15) is 16.3 Å². The number of hydrogen-bond acceptors (Lipinski definition) is 4. The van der Waals surface area contributed by atoms with E-state index in [4.69, 9.17) is 0 Å². The molecule has 0 radical (unpaired) electrons. The van der Waals surface area contributed by atoms with E-state index in [-0.39, 0.29) is 17.5 Å². The average molecular weight is 394 g/mol. The van der Waals surface area contributed by atoms with Gasteiger partial charge in [-0.15, -0.1) is 0 Å². The first-order chi connectivity index (χ1) is 12.8. The Hall–Kier alpha value is -1.76. The van der Waals surface area contributed by atoms with Crippen molar-refractivity contribution in [2.45, 2.75) is 69.9 Å². The summed E-state index contributed by atoms with van der Waals surface area (Å²) in [5.74, 6) is 0.561. The molecule has 2 rings (SSSR count). The molecule has 2 N–H and O–H groups in total. The van der Waals surface area contributed by atoms with Crippen LogP contribution in [0.4, 0.5) is 0 Å². The van der Waals surface area contributed by atoms with E-state index in [0.717, 1.165) is 18.4 Å². The largest absolute Gasteiger partial charge is 0.357 e. The minimum Gasteiger partial charge on any atom is -0.357 e. The van der Waals surface area contributed by atoms with Gasteiger partial charge in [-0.05, 0) is 49.1 Å². The number of rotatable bonds is 9. The Morgan fingerprint density at radius 3 is 2.37 bits per heavy atom. The predicted octanol–water partition coefficient (Wildman–Crippen LogP) is 2.76. The molecule has 1 aromatic heterocycles. The van der Waals surface area contributed by atoms with Crippen LogP contribution in [0.5, 0.6) is 0 Å². The van der Waals surface area contributed by atoms with Crippen LogP contribution in [0, 0.1) is 5.92 Å². The number of nitrogens with zero attached hydrogens (tertiary/aromatic N) is 1. The topological polar surface area (TPSA) is 88.2 Å². The maximum atomic E-state index is 12.8. The molecule has 0 saturated heterocycles. The first-order valence-electron chi connectivity index (χ1n) is 9.72. The smallest absolute Gasteiger partial charge is 0.270 e. The molecule has 1 saturated carbocycles. The average Bonchev–Trinajstić information content (AvgIpc) is 3.49. The number of pyridine rings is 1. The molecule has 150 valence electrons. The van der Waals surface area contributed by atoms with E-state index in [2.05, 4.69) is 15.6 Å². The molecule has 2 amide bonds. The highest BCUT2D eigenvalue weighted by Gasteiger charge is 2.37. The monoisotopic (exact) mass is 393 g/mol. The third-order valence-electron chi connectivity index (χ3n) is 5.06. The minimum atomic E-state index is -1.24. The minimum absolute atomic E-state index is 0.210. The summed E-state index contributed by atoms with van der Waals surface area (Å²) >= 11 is 0. The van der Waals surface area contributed by atoms with Gasteiger partial charge in [-0.3, -0.25) is 13.8 Å². The number of carbonyl (C=O) groups excluding carboxylic acids is 2. The molecule has 0 aliphatic heterocycles. The fourth-order valence-corrected chi connectivity index (χ4v) is 4.63. The van der Waals surface area contributed by atoms with Crippen molar-refractivity contribution < 1.29 is 13.8 Å². The molecule has 27 heavy (non-hydrogen) atoms. The number of likely N-dealkylation sites (N-methyl/N-ethyl adjacent to an activating group) is 1. The van der Waals surface area contributed by atoms with Gasteiger partial charge in [0.2, 0.25) is 5.91 Å². The van der Waals surface area contributed by atoms with Crippen molar-refractivity contribution in [1.82, 2.24) is 15.6 Å². The maximum Gasteiger partial charge on any atom is 0.270 e. The fourth-order valence-electron chi connectivity index (χ4n) is 3.17. The molecule has 0 spiro atoms. The SMILES string of the molecule is CCC(CC)(NC(=O)c1ccc(C2CC2)c(S(=O)CC(C)C)n1)C(=O)NC. The molecule has 1 heterocycles. The van der Waals surface area contributed by atoms with E-state index in [0.29, 0.717) is 29.5 Å². The molecular formula is C20H31N3O3S. The Labute approximate surface area is 164 Å². The summed E-state index contributed by atoms with van der Waals surface area (Å²) in [6.07, 6.45) is 3.09. The number of hydrogen-bond donors (Lipinski definition) is 2. The van der Waals surface area contributed by atoms with Crippen LogP contribution in [-0.2, 0) is 15.6 Å². The molecule has 1 fully saturated rings. The van der Waals surface area contributed by atoms with Gasteiger partial charge in [-0.1, -0.05) is 33.8 Å². The highest BCUT2D eigenvalue weighted by atomic mass is 32.2. The third-order valence-corrected chi connectivity index (χ3v) is 6.79. The third kappa shape index (κ3) is 4.94. The molecule has 6 nitrogen and oxygen atoms in total. The van der Waals surface area contributed by atoms with Gasteiger partial charge in [-0.2, -0.15) is 0 Å². The lowest BCUT2D eigenvalue weighted by atomic mass is 9.91. The van der Waals surface area contributed by atoms with Crippen LogP contribution in [0.25, 0.3) is 0 Å². The first-order valence-corrected chi connectivity index (χ1v) is 11.0. The lowest BCUT2D eigenvalue weighted by molar-refractivity contribution is -0.127. The van der Waals surface area contributed by atoms with Crippen molar-refractivity contribution in [3.8, 4) is 0 Å². The first kappa shape index (κ1) is 21.5. The molecule has 1 aliphatic carbocycles. The van der Waals surface area contributed by atoms with Gasteiger partial charge in [0.15, 0.2) is 0 Å². The Balaban J connectivity index is 2.33. The molecule has 7 heteroatoms. The van der Waals surface area contributed by atoms with Crippen LogP contribution in [0.1, 0.15) is 75.3 Å². The number of carbonyl (C=O) groups is 2. The van der Waals surface area contributed by atoms with Gasteiger partial charge < -0.3 is 10.6 Å². The molecular weight excluding hydrogens is 362 g/mol. The second-order valence-electron chi connectivity index (χ2n) is 7.59. The lowest BCUT2D eigenvalue weighted by Gasteiger charge is -2.30. The molecule has 0 aromatic carbocycles. The zero-order chi connectivity index (χ0) is 20.2. The Bertz CT molecular complexity index is 725. The van der Waals surface area contributed by atoms with Crippen LogP contribution in [0.15, 0.2) is 17.2 Å². The van der Waals surface area contributed by atoms with Crippen LogP contribution >= 0.6 is 0 Å². The van der Waals surface area contributed by atoms with Crippen molar-refractivity contribution in [3.05, 3.63) is 23.4 Å². The zero-order valence-electron chi connectivity index (χ0n) is 16.9. The van der Waals surface area contributed by atoms with Crippen molar-refractivity contribution in [3.63, 3.8) is 0 Å². The molecule has 1 aliphatic rings. The fraction of sp³-hybridized carbons (Fsp3) is 0.650. The lowest BCUT2D eigenvalue weighted by Crippen LogP contribution is -2.57. The highest BCUT2D eigenvalue weighted by Crippen LogP contribution is 2.42. The molecule has 1 atom stereocenters. The van der Waals surface area contributed by atoms with E-state index in [1.54, 1.807) is 13.1 Å². The number of nitrogens with one attached hydrogen (secondary N) is 2. The van der Waals surface area contributed by atoms with Crippen molar-refractivity contribution in [2.24, 2.45) is 5.92 Å². The Kier molecular flexibility index (Phi) is 7.14. The number of amides is 2. The van der Waals surface area contributed by atoms with Gasteiger partial charge in [0.05, 0.1) is 10.8 Å². The molecule has 0 bridgehead atoms. The van der Waals surface area contributed by atoms with Gasteiger partial charge >= 0.3 is 0 Å². The van der Waals surface area contributed by atoms with Crippen LogP contribution < -0.4 is 10.6 Å². The second kappa shape index (κ2) is 8.95. The summed E-state index contributed by atoms with van der Waals surface area (Å²) in [5.41, 5.74) is 0.232. The maximum absolute atomic E-state index is 12.8. The van der Waals surface area contributed by atoms with Crippen LogP contribution in [0.2, 0.25) is 0 Å². The normalized spacial score (nSPS) is 15.5. The van der Waals surface area contributed by atoms with E-state index >= 15 is 0 Å². The predicted molar refractivity (Wildman–Crippen MR) is 107 cm³/mol. The van der Waals surface area contributed by atoms with Gasteiger partial charge in [-0.25, -0.2) is 4.98 Å². The van der Waals surface area contributed by atoms with E-state index in [1.807, 2.05) is 33.8 Å². The summed E-state index contributed by atoms with van der Waals surface area (Å²) in [6.45, 7) is 7.77. The summed E-state index contributed by atoms with van der Waals surface area (Å²) in [6, 6.07) is 3.56. The summed E-state index contributed by atoms with van der Waals surface area (Å²) in [7, 11) is 0.320. The summed E-state index contributed by atoms with van der Waals surface area (Å²) in [4.78, 5) is 29.6. The van der Waals surface area contributed by atoms with Crippen molar-refractivity contribution in [2.75, 3.05) is 12.8 Å². The number of aromatic nitrogens is 1. The van der Waals surface area contributed by atoms with Crippen LogP contribution in [-0.4, -0.2) is 39.3 Å². The van der Waals surface area contributed by atoms with E-state index in [9.17, 15) is 13.8 Å².